The van der Waals surface area contributed by atoms with E-state index in [-0.39, 0.29) is 0 Å². The van der Waals surface area contributed by atoms with Crippen LogP contribution in [0.5, 0.6) is 0 Å². The summed E-state index contributed by atoms with van der Waals surface area (Å²) in [4.78, 5) is 0. The van der Waals surface area contributed by atoms with Gasteiger partial charge in [-0.05, 0) is 25.7 Å². The van der Waals surface area contributed by atoms with E-state index in [0.717, 1.165) is 19.0 Å². The first-order valence-corrected chi connectivity index (χ1v) is 3.26. The van der Waals surface area contributed by atoms with Crippen molar-refractivity contribution in [3.63, 3.8) is 0 Å². The summed E-state index contributed by atoms with van der Waals surface area (Å²) in [6, 6.07) is 0. The minimum Gasteiger partial charge on any atom is -0.194 e. The molecule has 8 heavy (non-hydrogen) atoms. The molecule has 0 aromatic carbocycles. The summed E-state index contributed by atoms with van der Waals surface area (Å²) in [5.41, 5.74) is 0. The van der Waals surface area contributed by atoms with Gasteiger partial charge in [-0.15, -0.1) is 0 Å². The Bertz CT molecular complexity index is 84.5. The lowest BCUT2D eigenvalue weighted by atomic mass is 10.4. The lowest BCUT2D eigenvalue weighted by molar-refractivity contribution is 0.777. The molecule has 0 bridgehead atoms. The summed E-state index contributed by atoms with van der Waals surface area (Å²) in [6.07, 6.45) is 2.76. The molecule has 1 saturated carbocycles. The van der Waals surface area contributed by atoms with E-state index in [2.05, 4.69) is 10.2 Å². The van der Waals surface area contributed by atoms with Crippen molar-refractivity contribution < 1.29 is 0 Å². The molecule has 0 spiro atoms. The number of hydrogen-bond donors (Lipinski definition) is 0. The molecule has 1 fully saturated rings. The molecule has 0 radical (unpaired) electrons. The fraction of sp³-hybridized carbons (Fsp3) is 1.00. The molecule has 0 aromatic rings. The van der Waals surface area contributed by atoms with Crippen molar-refractivity contribution in [3.8, 4) is 0 Å². The van der Waals surface area contributed by atoms with E-state index in [0.29, 0.717) is 0 Å². The largest absolute Gasteiger partial charge is 0.194 e. The van der Waals surface area contributed by atoms with Gasteiger partial charge in [0.2, 0.25) is 0 Å². The molecule has 0 atom stereocenters. The molecule has 0 aliphatic heterocycles. The van der Waals surface area contributed by atoms with Crippen LogP contribution < -0.4 is 0 Å². The number of rotatable bonds is 3. The Kier molecular flexibility index (Phi) is 2.00. The van der Waals surface area contributed by atoms with Gasteiger partial charge in [-0.3, -0.25) is 0 Å². The van der Waals surface area contributed by atoms with Gasteiger partial charge in [0, 0.05) is 0 Å². The highest BCUT2D eigenvalue weighted by atomic mass is 15.1. The maximum atomic E-state index is 3.98. The molecule has 0 unspecified atom stereocenters. The molecular formula is C6H12N2. The van der Waals surface area contributed by atoms with E-state index < -0.39 is 0 Å². The van der Waals surface area contributed by atoms with E-state index in [1.165, 1.54) is 12.8 Å². The second kappa shape index (κ2) is 2.80. The van der Waals surface area contributed by atoms with Crippen molar-refractivity contribution >= 4 is 0 Å². The van der Waals surface area contributed by atoms with Crippen LogP contribution >= 0.6 is 0 Å². The molecule has 1 rings (SSSR count). The molecule has 1 aliphatic carbocycles. The minimum atomic E-state index is 0.840. The molecule has 2 heteroatoms. The Balaban J connectivity index is 1.93. The first-order chi connectivity index (χ1) is 3.93. The molecular weight excluding hydrogens is 100 g/mol. The van der Waals surface area contributed by atoms with Gasteiger partial charge in [0.25, 0.3) is 0 Å². The Labute approximate surface area is 50.0 Å². The number of azo groups is 1. The monoisotopic (exact) mass is 112 g/mol. The lowest BCUT2D eigenvalue weighted by Gasteiger charge is -1.82. The standard InChI is InChI=1S/C6H12N2/c1-2-7-8-5-6-3-4-6/h6H,2-5H2,1H3/b8-7+. The summed E-state index contributed by atoms with van der Waals surface area (Å²) in [5, 5.41) is 7.85. The maximum absolute atomic E-state index is 3.98. The second-order valence-electron chi connectivity index (χ2n) is 2.23. The van der Waals surface area contributed by atoms with Crippen LogP contribution in [0.3, 0.4) is 0 Å². The summed E-state index contributed by atoms with van der Waals surface area (Å²) < 4.78 is 0. The van der Waals surface area contributed by atoms with Crippen LogP contribution in [0.15, 0.2) is 10.2 Å². The van der Waals surface area contributed by atoms with Crippen LogP contribution in [-0.2, 0) is 0 Å². The van der Waals surface area contributed by atoms with Crippen molar-refractivity contribution in [3.05, 3.63) is 0 Å². The fourth-order valence-electron chi connectivity index (χ4n) is 0.574. The zero-order valence-corrected chi connectivity index (χ0v) is 5.30. The van der Waals surface area contributed by atoms with E-state index >= 15 is 0 Å². The minimum absolute atomic E-state index is 0.840. The summed E-state index contributed by atoms with van der Waals surface area (Å²) in [5.74, 6) is 0.894. The van der Waals surface area contributed by atoms with E-state index in [9.17, 15) is 0 Å². The zero-order valence-electron chi connectivity index (χ0n) is 5.30. The Morgan fingerprint density at radius 1 is 1.38 bits per heavy atom. The SMILES string of the molecule is CC/N=N/CC1CC1. The molecule has 0 aromatic heterocycles. The van der Waals surface area contributed by atoms with Gasteiger partial charge in [0.1, 0.15) is 0 Å². The predicted octanol–water partition coefficient (Wildman–Crippen LogP) is 1.87. The van der Waals surface area contributed by atoms with Crippen molar-refractivity contribution in [2.45, 2.75) is 19.8 Å². The van der Waals surface area contributed by atoms with E-state index in [1.807, 2.05) is 6.92 Å². The van der Waals surface area contributed by atoms with Crippen LogP contribution in [0.4, 0.5) is 0 Å². The number of nitrogens with zero attached hydrogens (tertiary/aromatic N) is 2. The molecule has 1 aliphatic rings. The third-order valence-corrected chi connectivity index (χ3v) is 1.28. The third kappa shape index (κ3) is 2.05. The van der Waals surface area contributed by atoms with Gasteiger partial charge in [-0.1, -0.05) is 0 Å². The van der Waals surface area contributed by atoms with Gasteiger partial charge < -0.3 is 0 Å². The van der Waals surface area contributed by atoms with Crippen LogP contribution in [0.1, 0.15) is 19.8 Å². The fourth-order valence-corrected chi connectivity index (χ4v) is 0.574. The van der Waals surface area contributed by atoms with Crippen molar-refractivity contribution in [1.29, 1.82) is 0 Å². The average molecular weight is 112 g/mol. The quantitative estimate of drug-likeness (QED) is 0.498. The highest BCUT2D eigenvalue weighted by molar-refractivity contribution is 4.74. The van der Waals surface area contributed by atoms with E-state index in [4.69, 9.17) is 0 Å². The maximum Gasteiger partial charge on any atom is 0.0627 e. The van der Waals surface area contributed by atoms with Crippen molar-refractivity contribution in [1.82, 2.24) is 0 Å². The van der Waals surface area contributed by atoms with Crippen molar-refractivity contribution in [2.75, 3.05) is 13.1 Å². The summed E-state index contributed by atoms with van der Waals surface area (Å²) >= 11 is 0. The van der Waals surface area contributed by atoms with Gasteiger partial charge in [-0.25, -0.2) is 0 Å². The summed E-state index contributed by atoms with van der Waals surface area (Å²) in [6.45, 7) is 3.83. The Morgan fingerprint density at radius 2 is 2.12 bits per heavy atom. The highest BCUT2D eigenvalue weighted by Gasteiger charge is 2.20. The van der Waals surface area contributed by atoms with Crippen molar-refractivity contribution in [2.24, 2.45) is 16.1 Å². The van der Waals surface area contributed by atoms with E-state index in [1.54, 1.807) is 0 Å². The average Bonchev–Trinajstić information content (AvgIpc) is 2.51. The molecule has 0 amide bonds. The Morgan fingerprint density at radius 3 is 2.62 bits per heavy atom. The Hall–Kier alpha value is -0.400. The first kappa shape index (κ1) is 5.73. The first-order valence-electron chi connectivity index (χ1n) is 3.26. The van der Waals surface area contributed by atoms with Crippen LogP contribution in [0, 0.1) is 5.92 Å². The molecule has 46 valence electrons. The van der Waals surface area contributed by atoms with Gasteiger partial charge in [0.05, 0.1) is 13.1 Å². The second-order valence-corrected chi connectivity index (χ2v) is 2.23. The van der Waals surface area contributed by atoms with Crippen LogP contribution in [-0.4, -0.2) is 13.1 Å². The normalized spacial score (nSPS) is 20.1. The lowest BCUT2D eigenvalue weighted by Crippen LogP contribution is -1.78. The van der Waals surface area contributed by atoms with Gasteiger partial charge in [0.15, 0.2) is 0 Å². The predicted molar refractivity (Wildman–Crippen MR) is 33.0 cm³/mol. The number of hydrogen-bond acceptors (Lipinski definition) is 2. The smallest absolute Gasteiger partial charge is 0.0627 e. The third-order valence-electron chi connectivity index (χ3n) is 1.28. The molecule has 0 heterocycles. The zero-order chi connectivity index (χ0) is 5.82. The van der Waals surface area contributed by atoms with Crippen LogP contribution in [0.2, 0.25) is 0 Å². The summed E-state index contributed by atoms with van der Waals surface area (Å²) in [7, 11) is 0. The molecule has 0 saturated heterocycles. The topological polar surface area (TPSA) is 24.7 Å². The van der Waals surface area contributed by atoms with Gasteiger partial charge >= 0.3 is 0 Å². The highest BCUT2D eigenvalue weighted by Crippen LogP contribution is 2.28. The van der Waals surface area contributed by atoms with Gasteiger partial charge in [-0.2, -0.15) is 10.2 Å². The molecule has 2 nitrogen and oxygen atoms in total. The molecule has 0 N–H and O–H groups in total. The van der Waals surface area contributed by atoms with Crippen LogP contribution in [0.25, 0.3) is 0 Å².